The number of nitrogens with zero attached hydrogens (tertiary/aromatic N) is 2. The first-order valence-corrected chi connectivity index (χ1v) is 9.96. The van der Waals surface area contributed by atoms with E-state index in [1.54, 1.807) is 0 Å². The van der Waals surface area contributed by atoms with Gasteiger partial charge in [-0.2, -0.15) is 0 Å². The molecule has 0 aliphatic heterocycles. The van der Waals surface area contributed by atoms with Crippen LogP contribution >= 0.6 is 11.8 Å². The van der Waals surface area contributed by atoms with Gasteiger partial charge in [-0.3, -0.25) is 4.79 Å². The number of hydrogen-bond acceptors (Lipinski definition) is 4. The SMILES string of the molecule is CCCCCCCCCCCCC(=O)Sc1nc(C)cc(C)n1. The van der Waals surface area contributed by atoms with Crippen LogP contribution in [0.4, 0.5) is 0 Å². The molecule has 0 aliphatic rings. The zero-order chi connectivity index (χ0) is 16.9. The van der Waals surface area contributed by atoms with Crippen molar-refractivity contribution in [1.29, 1.82) is 0 Å². The zero-order valence-electron chi connectivity index (χ0n) is 15.1. The first-order chi connectivity index (χ1) is 11.1. The molecular formula is C19H32N2OS. The number of aryl methyl sites for hydroxylation is 2. The lowest BCUT2D eigenvalue weighted by Gasteiger charge is -2.03. The minimum atomic E-state index is 0.189. The van der Waals surface area contributed by atoms with Gasteiger partial charge in [0, 0.05) is 17.8 Å². The van der Waals surface area contributed by atoms with Crippen molar-refractivity contribution in [1.82, 2.24) is 9.97 Å². The number of unbranched alkanes of at least 4 members (excludes halogenated alkanes) is 9. The Kier molecular flexibility index (Phi) is 11.0. The Balaban J connectivity index is 2.02. The first-order valence-electron chi connectivity index (χ1n) is 9.14. The van der Waals surface area contributed by atoms with E-state index in [2.05, 4.69) is 16.9 Å². The van der Waals surface area contributed by atoms with Crippen molar-refractivity contribution in [2.45, 2.75) is 96.6 Å². The van der Waals surface area contributed by atoms with E-state index in [4.69, 9.17) is 0 Å². The van der Waals surface area contributed by atoms with Gasteiger partial charge in [0.05, 0.1) is 0 Å². The van der Waals surface area contributed by atoms with Gasteiger partial charge in [0.2, 0.25) is 0 Å². The van der Waals surface area contributed by atoms with Crippen LogP contribution in [0.3, 0.4) is 0 Å². The van der Waals surface area contributed by atoms with E-state index >= 15 is 0 Å². The van der Waals surface area contributed by atoms with Gasteiger partial charge in [-0.1, -0.05) is 64.7 Å². The molecule has 0 saturated heterocycles. The summed E-state index contributed by atoms with van der Waals surface area (Å²) in [6.45, 7) is 6.13. The molecule has 1 heterocycles. The molecule has 1 rings (SSSR count). The summed E-state index contributed by atoms with van der Waals surface area (Å²) in [7, 11) is 0. The fourth-order valence-electron chi connectivity index (χ4n) is 2.65. The van der Waals surface area contributed by atoms with Crippen LogP contribution in [0, 0.1) is 13.8 Å². The second kappa shape index (κ2) is 12.5. The third-order valence-electron chi connectivity index (χ3n) is 3.90. The van der Waals surface area contributed by atoms with Gasteiger partial charge < -0.3 is 0 Å². The Hall–Kier alpha value is -0.900. The average molecular weight is 337 g/mol. The summed E-state index contributed by atoms with van der Waals surface area (Å²) in [6.07, 6.45) is 13.6. The van der Waals surface area contributed by atoms with E-state index in [0.29, 0.717) is 11.6 Å². The summed E-state index contributed by atoms with van der Waals surface area (Å²) in [6, 6.07) is 1.93. The van der Waals surface area contributed by atoms with E-state index < -0.39 is 0 Å². The van der Waals surface area contributed by atoms with Gasteiger partial charge >= 0.3 is 0 Å². The number of rotatable bonds is 12. The molecule has 4 heteroatoms. The maximum atomic E-state index is 12.0. The lowest BCUT2D eigenvalue weighted by atomic mass is 10.1. The summed E-state index contributed by atoms with van der Waals surface area (Å²) >= 11 is 1.19. The number of thioether (sulfide) groups is 1. The lowest BCUT2D eigenvalue weighted by Crippen LogP contribution is -1.97. The highest BCUT2D eigenvalue weighted by molar-refractivity contribution is 8.13. The number of carbonyl (C=O) groups excluding carboxylic acids is 1. The second-order valence-electron chi connectivity index (χ2n) is 6.34. The number of carbonyl (C=O) groups is 1. The molecule has 3 nitrogen and oxygen atoms in total. The summed E-state index contributed by atoms with van der Waals surface area (Å²) in [5, 5.41) is 0.786. The van der Waals surface area contributed by atoms with Gasteiger partial charge in [0.25, 0.3) is 0 Å². The van der Waals surface area contributed by atoms with Crippen LogP contribution in [0.5, 0.6) is 0 Å². The van der Waals surface area contributed by atoms with E-state index in [0.717, 1.165) is 24.2 Å². The monoisotopic (exact) mass is 336 g/mol. The van der Waals surface area contributed by atoms with E-state index in [1.807, 2.05) is 19.9 Å². The molecule has 1 aromatic rings. The van der Waals surface area contributed by atoms with Crippen molar-refractivity contribution < 1.29 is 4.79 Å². The molecule has 0 spiro atoms. The maximum Gasteiger partial charge on any atom is 0.196 e. The van der Waals surface area contributed by atoms with Crippen molar-refractivity contribution >= 4 is 16.9 Å². The zero-order valence-corrected chi connectivity index (χ0v) is 15.9. The Morgan fingerprint density at radius 1 is 0.870 bits per heavy atom. The Bertz CT molecular complexity index is 442. The molecule has 0 unspecified atom stereocenters. The number of hydrogen-bond donors (Lipinski definition) is 0. The van der Waals surface area contributed by atoms with Gasteiger partial charge in [-0.25, -0.2) is 9.97 Å². The molecule has 0 aliphatic carbocycles. The Labute approximate surface area is 146 Å². The molecule has 0 atom stereocenters. The molecule has 0 amide bonds. The van der Waals surface area contributed by atoms with Crippen molar-refractivity contribution in [3.05, 3.63) is 17.5 Å². The van der Waals surface area contributed by atoms with Crippen molar-refractivity contribution in [2.24, 2.45) is 0 Å². The molecule has 0 fully saturated rings. The van der Waals surface area contributed by atoms with Gasteiger partial charge in [0.1, 0.15) is 0 Å². The van der Waals surface area contributed by atoms with Crippen LogP contribution < -0.4 is 0 Å². The van der Waals surface area contributed by atoms with Gasteiger partial charge in [0.15, 0.2) is 10.3 Å². The van der Waals surface area contributed by atoms with E-state index in [-0.39, 0.29) is 5.12 Å². The van der Waals surface area contributed by atoms with E-state index in [9.17, 15) is 4.79 Å². The van der Waals surface area contributed by atoms with Gasteiger partial charge in [-0.05, 0) is 38.1 Å². The minimum Gasteiger partial charge on any atom is -0.287 e. The van der Waals surface area contributed by atoms with Crippen LogP contribution in [0.2, 0.25) is 0 Å². The van der Waals surface area contributed by atoms with E-state index in [1.165, 1.54) is 63.1 Å². The summed E-state index contributed by atoms with van der Waals surface area (Å²) < 4.78 is 0. The molecule has 0 radical (unpaired) electrons. The molecular weight excluding hydrogens is 304 g/mol. The summed E-state index contributed by atoms with van der Waals surface area (Å²) in [5.41, 5.74) is 1.85. The van der Waals surface area contributed by atoms with Crippen molar-refractivity contribution in [2.75, 3.05) is 0 Å². The molecule has 1 aromatic heterocycles. The van der Waals surface area contributed by atoms with Crippen molar-refractivity contribution in [3.63, 3.8) is 0 Å². The van der Waals surface area contributed by atoms with Gasteiger partial charge in [-0.15, -0.1) is 0 Å². The minimum absolute atomic E-state index is 0.189. The predicted octanol–water partition coefficient (Wildman–Crippen LogP) is 6.02. The molecule has 0 N–H and O–H groups in total. The summed E-state index contributed by atoms with van der Waals surface area (Å²) in [5.74, 6) is 0. The topological polar surface area (TPSA) is 42.9 Å². The normalized spacial score (nSPS) is 10.9. The predicted molar refractivity (Wildman–Crippen MR) is 98.8 cm³/mol. The third-order valence-corrected chi connectivity index (χ3v) is 4.70. The maximum absolute atomic E-state index is 12.0. The summed E-state index contributed by atoms with van der Waals surface area (Å²) in [4.78, 5) is 20.6. The van der Waals surface area contributed by atoms with Crippen LogP contribution in [0.15, 0.2) is 11.2 Å². The quantitative estimate of drug-likeness (QED) is 0.266. The van der Waals surface area contributed by atoms with Crippen molar-refractivity contribution in [3.8, 4) is 0 Å². The second-order valence-corrected chi connectivity index (χ2v) is 7.36. The molecule has 23 heavy (non-hydrogen) atoms. The highest BCUT2D eigenvalue weighted by atomic mass is 32.2. The average Bonchev–Trinajstić information content (AvgIpc) is 2.48. The highest BCUT2D eigenvalue weighted by Crippen LogP contribution is 2.19. The molecule has 0 aromatic carbocycles. The standard InChI is InChI=1S/C19H32N2OS/c1-4-5-6-7-8-9-10-11-12-13-14-18(22)23-19-20-16(2)15-17(3)21-19/h15H,4-14H2,1-3H3. The largest absolute Gasteiger partial charge is 0.287 e. The van der Waals surface area contributed by atoms with Crippen LogP contribution in [0.1, 0.15) is 88.9 Å². The Morgan fingerprint density at radius 2 is 1.35 bits per heavy atom. The number of aromatic nitrogens is 2. The molecule has 0 saturated carbocycles. The smallest absolute Gasteiger partial charge is 0.196 e. The lowest BCUT2D eigenvalue weighted by molar-refractivity contribution is -0.111. The van der Waals surface area contributed by atoms with Crippen LogP contribution in [-0.2, 0) is 4.79 Å². The molecule has 130 valence electrons. The fourth-order valence-corrected chi connectivity index (χ4v) is 3.48. The third kappa shape index (κ3) is 10.5. The molecule has 0 bridgehead atoms. The van der Waals surface area contributed by atoms with Crippen LogP contribution in [0.25, 0.3) is 0 Å². The first kappa shape index (κ1) is 20.1. The Morgan fingerprint density at radius 3 is 1.87 bits per heavy atom. The van der Waals surface area contributed by atoms with Crippen LogP contribution in [-0.4, -0.2) is 15.1 Å². The highest BCUT2D eigenvalue weighted by Gasteiger charge is 2.08. The fraction of sp³-hybridized carbons (Fsp3) is 0.737.